The van der Waals surface area contributed by atoms with Gasteiger partial charge in [0.1, 0.15) is 0 Å². The van der Waals surface area contributed by atoms with Crippen LogP contribution in [0.2, 0.25) is 0 Å². The largest absolute Gasteiger partial charge is 0.480 e. The molecular weight excluding hydrogens is 576 g/mol. The van der Waals surface area contributed by atoms with Gasteiger partial charge in [0.05, 0.1) is 17.5 Å². The number of nitrogens with one attached hydrogen (secondary N) is 1. The average Bonchev–Trinajstić information content (AvgIpc) is 3.42. The first kappa shape index (κ1) is 33.2. The maximum absolute atomic E-state index is 14.0. The number of amides is 1. The van der Waals surface area contributed by atoms with Crippen LogP contribution in [0, 0.1) is 50.7 Å². The maximum atomic E-state index is 14.0. The lowest BCUT2D eigenvalue weighted by Gasteiger charge is -2.72. The summed E-state index contributed by atoms with van der Waals surface area (Å²) in [5.74, 6) is 0.644. The fourth-order valence-electron chi connectivity index (χ4n) is 12.7. The molecule has 7 heteroatoms. The molecule has 252 valence electrons. The molecule has 0 unspecified atom stereocenters. The monoisotopic (exact) mass is 632 g/mol. The first-order valence-electron chi connectivity index (χ1n) is 17.8. The fourth-order valence-corrected chi connectivity index (χ4v) is 12.7. The number of allylic oxidation sites excluding steroid dienone is 2. The third-order valence-electron chi connectivity index (χ3n) is 15.0. The molecule has 7 nitrogen and oxygen atoms in total. The summed E-state index contributed by atoms with van der Waals surface area (Å²) in [5.41, 5.74) is 3.17. The minimum atomic E-state index is -0.884. The van der Waals surface area contributed by atoms with E-state index in [-0.39, 0.29) is 39.5 Å². The van der Waals surface area contributed by atoms with Crippen molar-refractivity contribution >= 4 is 23.4 Å². The van der Waals surface area contributed by atoms with Gasteiger partial charge in [0.15, 0.2) is 0 Å². The number of aliphatic carboxylic acids is 1. The molecule has 0 radical (unpaired) electrons. The summed E-state index contributed by atoms with van der Waals surface area (Å²) in [7, 11) is 1.79. The number of carbonyl (C=O) groups excluding carboxylic acids is 1. The topological polar surface area (TPSA) is 107 Å². The van der Waals surface area contributed by atoms with Crippen molar-refractivity contribution in [1.29, 1.82) is 0 Å². The Hall–Kier alpha value is -2.67. The number of benzene rings is 1. The van der Waals surface area contributed by atoms with E-state index in [0.29, 0.717) is 42.3 Å². The Kier molecular flexibility index (Phi) is 8.30. The zero-order chi connectivity index (χ0) is 33.3. The third-order valence-corrected chi connectivity index (χ3v) is 15.0. The lowest BCUT2D eigenvalue weighted by Crippen LogP contribution is -2.66. The van der Waals surface area contributed by atoms with Crippen LogP contribution in [0.25, 0.3) is 5.57 Å². The minimum absolute atomic E-state index is 0.0133. The molecule has 4 fully saturated rings. The zero-order valence-electron chi connectivity index (χ0n) is 29.0. The Bertz CT molecular complexity index is 1420. The number of nitrogens with zero attached hydrogens (tertiary/aromatic N) is 1. The number of carboxylic acid groups (broad SMARTS) is 2. The van der Waals surface area contributed by atoms with E-state index in [0.717, 1.165) is 44.1 Å². The lowest BCUT2D eigenvalue weighted by atomic mass is 9.32. The normalized spacial score (nSPS) is 39.3. The maximum Gasteiger partial charge on any atom is 0.335 e. The number of rotatable bonds is 8. The first-order chi connectivity index (χ1) is 21.6. The summed E-state index contributed by atoms with van der Waals surface area (Å²) in [5, 5.41) is 21.8. The van der Waals surface area contributed by atoms with Crippen molar-refractivity contribution < 1.29 is 24.6 Å². The van der Waals surface area contributed by atoms with Crippen LogP contribution in [0.4, 0.5) is 0 Å². The Labute approximate surface area is 275 Å². The number of hydrogen-bond acceptors (Lipinski definition) is 4. The summed E-state index contributed by atoms with van der Waals surface area (Å²) < 4.78 is 0. The lowest BCUT2D eigenvalue weighted by molar-refractivity contribution is -0.222. The van der Waals surface area contributed by atoms with Crippen LogP contribution < -0.4 is 5.32 Å². The fraction of sp³-hybridized carbons (Fsp3) is 0.718. The molecule has 0 heterocycles. The van der Waals surface area contributed by atoms with Gasteiger partial charge >= 0.3 is 11.9 Å². The van der Waals surface area contributed by atoms with E-state index in [1.165, 1.54) is 31.3 Å². The molecule has 1 aromatic carbocycles. The first-order valence-corrected chi connectivity index (χ1v) is 17.8. The van der Waals surface area contributed by atoms with Crippen LogP contribution in [0.3, 0.4) is 0 Å². The number of carbonyl (C=O) groups is 3. The standard InChI is InChI=1S/C39H56N2O5/c1-35(2)27(25-9-11-26(12-10-25)33(44)45)15-18-36(3)30(35)16-19-38(5)31(36)14-13-28-29-8-7-17-39(29,21-20-37(28,38)4)34(46)40-22-23-41(6)24-32(42)43/h9-12,15,28-31H,7-8,13-14,16-24H2,1-6H3,(H,40,46)(H,42,43)(H,44,45)/t28-,29-,30+,31-,36+,37-,38-,39+/m1/s1. The van der Waals surface area contributed by atoms with E-state index >= 15 is 0 Å². The second-order valence-corrected chi connectivity index (χ2v) is 17.1. The molecule has 46 heavy (non-hydrogen) atoms. The Morgan fingerprint density at radius 1 is 0.848 bits per heavy atom. The highest BCUT2D eigenvalue weighted by atomic mass is 16.4. The van der Waals surface area contributed by atoms with Gasteiger partial charge < -0.3 is 15.5 Å². The van der Waals surface area contributed by atoms with Crippen LogP contribution in [0.1, 0.15) is 115 Å². The Balaban J connectivity index is 1.23. The molecule has 0 saturated heterocycles. The molecule has 0 bridgehead atoms. The predicted octanol–water partition coefficient (Wildman–Crippen LogP) is 7.37. The van der Waals surface area contributed by atoms with Crippen molar-refractivity contribution in [2.75, 3.05) is 26.7 Å². The van der Waals surface area contributed by atoms with Gasteiger partial charge in [-0.05, 0) is 133 Å². The van der Waals surface area contributed by atoms with Crippen molar-refractivity contribution in [3.8, 4) is 0 Å². The quantitative estimate of drug-likeness (QED) is 0.276. The number of hydrogen-bond donors (Lipinski definition) is 3. The molecule has 6 rings (SSSR count). The molecule has 3 N–H and O–H groups in total. The third kappa shape index (κ3) is 4.88. The van der Waals surface area contributed by atoms with Gasteiger partial charge in [-0.2, -0.15) is 0 Å². The highest BCUT2D eigenvalue weighted by molar-refractivity contribution is 5.88. The molecule has 0 aromatic heterocycles. The van der Waals surface area contributed by atoms with Crippen molar-refractivity contribution in [2.24, 2.45) is 50.7 Å². The highest BCUT2D eigenvalue weighted by Gasteiger charge is 2.70. The van der Waals surface area contributed by atoms with Gasteiger partial charge in [-0.15, -0.1) is 0 Å². The molecule has 0 aliphatic heterocycles. The van der Waals surface area contributed by atoms with E-state index in [1.807, 2.05) is 12.1 Å². The van der Waals surface area contributed by atoms with Crippen molar-refractivity contribution in [3.63, 3.8) is 0 Å². The molecule has 1 aromatic rings. The van der Waals surface area contributed by atoms with Crippen molar-refractivity contribution in [2.45, 2.75) is 98.8 Å². The van der Waals surface area contributed by atoms with Crippen molar-refractivity contribution in [1.82, 2.24) is 10.2 Å². The van der Waals surface area contributed by atoms with E-state index in [2.05, 4.69) is 46.0 Å². The minimum Gasteiger partial charge on any atom is -0.480 e. The van der Waals surface area contributed by atoms with Gasteiger partial charge in [0.2, 0.25) is 5.91 Å². The Morgan fingerprint density at radius 2 is 1.57 bits per heavy atom. The van der Waals surface area contributed by atoms with Crippen LogP contribution in [0.15, 0.2) is 30.3 Å². The van der Waals surface area contributed by atoms with E-state index in [9.17, 15) is 19.5 Å². The molecule has 5 aliphatic carbocycles. The average molecular weight is 633 g/mol. The number of carboxylic acids is 2. The summed E-state index contributed by atoms with van der Waals surface area (Å²) >= 11 is 0. The summed E-state index contributed by atoms with van der Waals surface area (Å²) in [6.45, 7) is 13.7. The van der Waals surface area contributed by atoms with Gasteiger partial charge in [-0.3, -0.25) is 14.5 Å². The zero-order valence-corrected chi connectivity index (χ0v) is 29.0. The summed E-state index contributed by atoms with van der Waals surface area (Å²) in [6.07, 6.45) is 13.7. The van der Waals surface area contributed by atoms with E-state index in [4.69, 9.17) is 5.11 Å². The molecule has 1 amide bonds. The van der Waals surface area contributed by atoms with E-state index in [1.54, 1.807) is 24.1 Å². The number of fused-ring (bicyclic) bond motifs is 7. The second kappa shape index (κ2) is 11.5. The Morgan fingerprint density at radius 3 is 2.24 bits per heavy atom. The molecule has 8 atom stereocenters. The summed E-state index contributed by atoms with van der Waals surface area (Å²) in [4.78, 5) is 38.3. The molecule has 0 spiro atoms. The van der Waals surface area contributed by atoms with Gasteiger partial charge in [-0.1, -0.05) is 59.2 Å². The van der Waals surface area contributed by atoms with E-state index < -0.39 is 11.9 Å². The highest BCUT2D eigenvalue weighted by Crippen LogP contribution is 2.77. The predicted molar refractivity (Wildman–Crippen MR) is 180 cm³/mol. The van der Waals surface area contributed by atoms with Crippen molar-refractivity contribution in [3.05, 3.63) is 41.5 Å². The number of likely N-dealkylation sites (N-methyl/N-ethyl adjacent to an activating group) is 1. The molecule has 5 aliphatic rings. The second-order valence-electron chi connectivity index (χ2n) is 17.1. The van der Waals surface area contributed by atoms with Crippen LogP contribution in [0.5, 0.6) is 0 Å². The summed E-state index contributed by atoms with van der Waals surface area (Å²) in [6, 6.07) is 7.48. The smallest absolute Gasteiger partial charge is 0.335 e. The van der Waals surface area contributed by atoms with Crippen LogP contribution in [-0.2, 0) is 9.59 Å². The molecular formula is C39H56N2O5. The SMILES string of the molecule is CN(CCNC(=O)[C@]12CCC[C@@H]1[C@H]1CC[C@@H]3[C@@]4(C)CC=C(c5ccc(C(=O)O)cc5)C(C)(C)[C@@H]4CC[C@@]3(C)[C@]1(C)CC2)CC(=O)O. The van der Waals surface area contributed by atoms with Gasteiger partial charge in [0, 0.05) is 13.1 Å². The number of aromatic carboxylic acids is 1. The van der Waals surface area contributed by atoms with Crippen LogP contribution in [-0.4, -0.2) is 59.6 Å². The van der Waals surface area contributed by atoms with Gasteiger partial charge in [0.25, 0.3) is 0 Å². The molecule has 4 saturated carbocycles. The van der Waals surface area contributed by atoms with Gasteiger partial charge in [-0.25, -0.2) is 4.79 Å². The van der Waals surface area contributed by atoms with Crippen LogP contribution >= 0.6 is 0 Å².